The van der Waals surface area contributed by atoms with Gasteiger partial charge in [0.05, 0.1) is 24.8 Å². The Labute approximate surface area is 119 Å². The molecule has 3 nitrogen and oxygen atoms in total. The SMILES string of the molecule is COc1ccc(CCC(O)c2cccc(C#N)c2)cc1. The molecule has 0 saturated carbocycles. The van der Waals surface area contributed by atoms with Crippen LogP contribution in [0.4, 0.5) is 0 Å². The first-order valence-electron chi connectivity index (χ1n) is 6.54. The molecule has 1 atom stereocenters. The van der Waals surface area contributed by atoms with E-state index in [1.165, 1.54) is 0 Å². The molecule has 0 bridgehead atoms. The zero-order valence-electron chi connectivity index (χ0n) is 11.4. The summed E-state index contributed by atoms with van der Waals surface area (Å²) < 4.78 is 5.11. The molecule has 20 heavy (non-hydrogen) atoms. The quantitative estimate of drug-likeness (QED) is 0.904. The van der Waals surface area contributed by atoms with Gasteiger partial charge in [-0.15, -0.1) is 0 Å². The van der Waals surface area contributed by atoms with Crippen molar-refractivity contribution in [2.75, 3.05) is 7.11 Å². The summed E-state index contributed by atoms with van der Waals surface area (Å²) in [5, 5.41) is 19.0. The van der Waals surface area contributed by atoms with Gasteiger partial charge in [-0.05, 0) is 48.2 Å². The van der Waals surface area contributed by atoms with Crippen LogP contribution in [0.25, 0.3) is 0 Å². The number of hydrogen-bond acceptors (Lipinski definition) is 3. The van der Waals surface area contributed by atoms with Crippen LogP contribution in [0.15, 0.2) is 48.5 Å². The van der Waals surface area contributed by atoms with E-state index in [1.807, 2.05) is 30.3 Å². The van der Waals surface area contributed by atoms with E-state index in [-0.39, 0.29) is 0 Å². The molecule has 1 unspecified atom stereocenters. The van der Waals surface area contributed by atoms with Crippen molar-refractivity contribution in [3.63, 3.8) is 0 Å². The number of nitriles is 1. The van der Waals surface area contributed by atoms with Gasteiger partial charge >= 0.3 is 0 Å². The zero-order valence-corrected chi connectivity index (χ0v) is 11.4. The highest BCUT2D eigenvalue weighted by atomic mass is 16.5. The summed E-state index contributed by atoms with van der Waals surface area (Å²) in [7, 11) is 1.64. The van der Waals surface area contributed by atoms with E-state index in [4.69, 9.17) is 10.00 Å². The fourth-order valence-electron chi connectivity index (χ4n) is 2.08. The third-order valence-electron chi connectivity index (χ3n) is 3.27. The van der Waals surface area contributed by atoms with E-state index in [2.05, 4.69) is 6.07 Å². The highest BCUT2D eigenvalue weighted by Gasteiger charge is 2.08. The van der Waals surface area contributed by atoms with Crippen molar-refractivity contribution in [2.24, 2.45) is 0 Å². The molecule has 2 aromatic rings. The van der Waals surface area contributed by atoms with Crippen LogP contribution in [0.5, 0.6) is 5.75 Å². The predicted molar refractivity (Wildman–Crippen MR) is 77.4 cm³/mol. The molecule has 2 rings (SSSR count). The van der Waals surface area contributed by atoms with Gasteiger partial charge in [0, 0.05) is 0 Å². The Morgan fingerprint density at radius 1 is 1.20 bits per heavy atom. The summed E-state index contributed by atoms with van der Waals surface area (Å²) >= 11 is 0. The Balaban J connectivity index is 1.97. The number of rotatable bonds is 5. The standard InChI is InChI=1S/C17H17NO2/c1-20-16-8-5-13(6-9-16)7-10-17(19)15-4-2-3-14(11-15)12-18/h2-6,8-9,11,17,19H,7,10H2,1H3. The molecule has 0 aromatic heterocycles. The second-order valence-electron chi connectivity index (χ2n) is 4.64. The molecule has 3 heteroatoms. The first-order valence-corrected chi connectivity index (χ1v) is 6.54. The molecule has 0 heterocycles. The minimum atomic E-state index is -0.551. The lowest BCUT2D eigenvalue weighted by molar-refractivity contribution is 0.168. The highest BCUT2D eigenvalue weighted by molar-refractivity contribution is 5.34. The molecule has 2 aromatic carbocycles. The lowest BCUT2D eigenvalue weighted by atomic mass is 10.00. The van der Waals surface area contributed by atoms with Gasteiger partial charge in [-0.25, -0.2) is 0 Å². The molecule has 0 spiro atoms. The van der Waals surface area contributed by atoms with Crippen LogP contribution in [0, 0.1) is 11.3 Å². The fourth-order valence-corrected chi connectivity index (χ4v) is 2.08. The third-order valence-corrected chi connectivity index (χ3v) is 3.27. The average Bonchev–Trinajstić information content (AvgIpc) is 2.53. The van der Waals surface area contributed by atoms with Crippen molar-refractivity contribution in [3.8, 4) is 11.8 Å². The number of nitrogens with zero attached hydrogens (tertiary/aromatic N) is 1. The number of aliphatic hydroxyl groups is 1. The molecule has 0 fully saturated rings. The Kier molecular flexibility index (Phi) is 4.75. The number of benzene rings is 2. The molecule has 0 aliphatic heterocycles. The lowest BCUT2D eigenvalue weighted by Crippen LogP contribution is -2.00. The van der Waals surface area contributed by atoms with E-state index in [0.29, 0.717) is 12.0 Å². The van der Waals surface area contributed by atoms with Crippen LogP contribution < -0.4 is 4.74 Å². The summed E-state index contributed by atoms with van der Waals surface area (Å²) in [6.07, 6.45) is 0.855. The molecule has 0 radical (unpaired) electrons. The largest absolute Gasteiger partial charge is 0.497 e. The Bertz CT molecular complexity index is 599. The fraction of sp³-hybridized carbons (Fsp3) is 0.235. The molecule has 0 aliphatic rings. The van der Waals surface area contributed by atoms with Gasteiger partial charge in [0.1, 0.15) is 5.75 Å². The van der Waals surface area contributed by atoms with Crippen LogP contribution >= 0.6 is 0 Å². The van der Waals surface area contributed by atoms with Gasteiger partial charge in [0.25, 0.3) is 0 Å². The second kappa shape index (κ2) is 6.74. The zero-order chi connectivity index (χ0) is 14.4. The lowest BCUT2D eigenvalue weighted by Gasteiger charge is -2.11. The van der Waals surface area contributed by atoms with Crippen LogP contribution in [-0.4, -0.2) is 12.2 Å². The van der Waals surface area contributed by atoms with E-state index < -0.39 is 6.10 Å². The molecule has 0 amide bonds. The second-order valence-corrected chi connectivity index (χ2v) is 4.64. The maximum absolute atomic E-state index is 10.2. The molecule has 102 valence electrons. The van der Waals surface area contributed by atoms with E-state index in [1.54, 1.807) is 25.3 Å². The van der Waals surface area contributed by atoms with Crippen molar-refractivity contribution in [2.45, 2.75) is 18.9 Å². The average molecular weight is 267 g/mol. The van der Waals surface area contributed by atoms with Crippen LogP contribution in [-0.2, 0) is 6.42 Å². The predicted octanol–water partition coefficient (Wildman–Crippen LogP) is 3.23. The normalized spacial score (nSPS) is 11.7. The Hall–Kier alpha value is -2.31. The monoisotopic (exact) mass is 267 g/mol. The van der Waals surface area contributed by atoms with Gasteiger partial charge in [-0.1, -0.05) is 24.3 Å². The molecule has 0 aliphatic carbocycles. The van der Waals surface area contributed by atoms with Gasteiger partial charge in [0.15, 0.2) is 0 Å². The number of ether oxygens (including phenoxy) is 1. The number of aliphatic hydroxyl groups excluding tert-OH is 1. The molecule has 1 N–H and O–H groups in total. The topological polar surface area (TPSA) is 53.2 Å². The van der Waals surface area contributed by atoms with Crippen LogP contribution in [0.1, 0.15) is 29.2 Å². The minimum absolute atomic E-state index is 0.551. The van der Waals surface area contributed by atoms with Gasteiger partial charge < -0.3 is 9.84 Å². The van der Waals surface area contributed by atoms with E-state index in [9.17, 15) is 5.11 Å². The van der Waals surface area contributed by atoms with Crippen molar-refractivity contribution >= 4 is 0 Å². The summed E-state index contributed by atoms with van der Waals surface area (Å²) in [5.41, 5.74) is 2.52. The highest BCUT2D eigenvalue weighted by Crippen LogP contribution is 2.21. The van der Waals surface area contributed by atoms with Gasteiger partial charge in [-0.2, -0.15) is 5.26 Å². The number of aryl methyl sites for hydroxylation is 1. The smallest absolute Gasteiger partial charge is 0.118 e. The molecular formula is C17H17NO2. The summed E-state index contributed by atoms with van der Waals surface area (Å²) in [6, 6.07) is 17.0. The van der Waals surface area contributed by atoms with Crippen LogP contribution in [0.3, 0.4) is 0 Å². The maximum Gasteiger partial charge on any atom is 0.118 e. The van der Waals surface area contributed by atoms with Crippen molar-refractivity contribution in [1.82, 2.24) is 0 Å². The van der Waals surface area contributed by atoms with Crippen molar-refractivity contribution in [1.29, 1.82) is 5.26 Å². The summed E-state index contributed by atoms with van der Waals surface area (Å²) in [4.78, 5) is 0. The number of methoxy groups -OCH3 is 1. The Morgan fingerprint density at radius 2 is 1.95 bits per heavy atom. The van der Waals surface area contributed by atoms with Crippen molar-refractivity contribution < 1.29 is 9.84 Å². The first kappa shape index (κ1) is 14.1. The number of hydrogen-bond donors (Lipinski definition) is 1. The first-order chi connectivity index (χ1) is 9.72. The molecular weight excluding hydrogens is 250 g/mol. The van der Waals surface area contributed by atoms with E-state index >= 15 is 0 Å². The summed E-state index contributed by atoms with van der Waals surface area (Å²) in [5.74, 6) is 0.830. The Morgan fingerprint density at radius 3 is 2.60 bits per heavy atom. The van der Waals surface area contributed by atoms with Gasteiger partial charge in [0.2, 0.25) is 0 Å². The summed E-state index contributed by atoms with van der Waals surface area (Å²) in [6.45, 7) is 0. The van der Waals surface area contributed by atoms with Gasteiger partial charge in [-0.3, -0.25) is 0 Å². The minimum Gasteiger partial charge on any atom is -0.497 e. The molecule has 0 saturated heterocycles. The van der Waals surface area contributed by atoms with E-state index in [0.717, 1.165) is 23.3 Å². The van der Waals surface area contributed by atoms with Crippen LogP contribution in [0.2, 0.25) is 0 Å². The van der Waals surface area contributed by atoms with Crippen molar-refractivity contribution in [3.05, 3.63) is 65.2 Å². The third kappa shape index (κ3) is 3.59. The maximum atomic E-state index is 10.2.